The second-order valence-corrected chi connectivity index (χ2v) is 5.30. The minimum absolute atomic E-state index is 0.0265. The third-order valence-electron chi connectivity index (χ3n) is 2.11. The molecule has 0 amide bonds. The largest absolute Gasteiger partial charge is 0.392 e. The standard InChI is InChI=1S/C8H6ClFIN2OP/c9-8-5(3-14)4-2-12-13(15-11)7(4)1-6(8)10/h1-2,14-15H,3H2. The summed E-state index contributed by atoms with van der Waals surface area (Å²) in [5.74, 6) is -0.524. The van der Waals surface area contributed by atoms with Crippen LogP contribution in [0.2, 0.25) is 5.02 Å². The zero-order valence-corrected chi connectivity index (χ0v) is 11.3. The molecule has 0 aliphatic heterocycles. The first-order valence-electron chi connectivity index (χ1n) is 4.01. The van der Waals surface area contributed by atoms with Crippen molar-refractivity contribution in [3.05, 3.63) is 28.7 Å². The van der Waals surface area contributed by atoms with Crippen LogP contribution >= 0.6 is 40.0 Å². The molecule has 1 heterocycles. The van der Waals surface area contributed by atoms with E-state index in [1.54, 1.807) is 10.6 Å². The van der Waals surface area contributed by atoms with E-state index in [0.717, 1.165) is 0 Å². The fourth-order valence-corrected chi connectivity index (χ4v) is 3.14. The van der Waals surface area contributed by atoms with Crippen LogP contribution in [0.1, 0.15) is 5.56 Å². The molecular formula is C8H6ClFIN2OP. The average Bonchev–Trinajstić information content (AvgIpc) is 2.62. The smallest absolute Gasteiger partial charge is 0.144 e. The summed E-state index contributed by atoms with van der Waals surface area (Å²) in [6, 6.07) is 1.34. The van der Waals surface area contributed by atoms with E-state index in [0.29, 0.717) is 22.8 Å². The Hall–Kier alpha value is 0.0300. The Morgan fingerprint density at radius 2 is 2.40 bits per heavy atom. The molecule has 0 radical (unpaired) electrons. The molecule has 1 aromatic heterocycles. The summed E-state index contributed by atoms with van der Waals surface area (Å²) < 4.78 is 15.1. The summed E-state index contributed by atoms with van der Waals surface area (Å²) >= 11 is 7.91. The Labute approximate surface area is 105 Å². The molecule has 0 saturated heterocycles. The molecule has 0 spiro atoms. The Kier molecular flexibility index (Phi) is 3.45. The summed E-state index contributed by atoms with van der Waals surface area (Å²) in [5, 5.41) is 13.9. The molecule has 15 heavy (non-hydrogen) atoms. The van der Waals surface area contributed by atoms with Crippen LogP contribution in [-0.4, -0.2) is 14.7 Å². The molecule has 2 rings (SSSR count). The maximum Gasteiger partial charge on any atom is 0.144 e. The van der Waals surface area contributed by atoms with Gasteiger partial charge < -0.3 is 5.11 Å². The van der Waals surface area contributed by atoms with Gasteiger partial charge in [-0.1, -0.05) is 11.6 Å². The van der Waals surface area contributed by atoms with Crippen LogP contribution in [0, 0.1) is 5.82 Å². The van der Waals surface area contributed by atoms with Crippen LogP contribution in [0.15, 0.2) is 12.3 Å². The summed E-state index contributed by atoms with van der Waals surface area (Å²) in [5.41, 5.74) is 1.06. The van der Waals surface area contributed by atoms with E-state index in [4.69, 9.17) is 16.7 Å². The van der Waals surface area contributed by atoms with Crippen molar-refractivity contribution in [2.75, 3.05) is 0 Å². The van der Waals surface area contributed by atoms with E-state index in [9.17, 15) is 4.39 Å². The SMILES string of the molecule is OCc1c(Cl)c(F)cc2c1cnn2PI. The van der Waals surface area contributed by atoms with E-state index in [1.165, 1.54) is 6.07 Å². The summed E-state index contributed by atoms with van der Waals surface area (Å²) in [6.07, 6.45) is 1.98. The fraction of sp³-hybridized carbons (Fsp3) is 0.125. The van der Waals surface area contributed by atoms with Gasteiger partial charge >= 0.3 is 0 Å². The van der Waals surface area contributed by atoms with Crippen molar-refractivity contribution >= 4 is 50.9 Å². The number of halogens is 3. The minimum atomic E-state index is -0.524. The second-order valence-electron chi connectivity index (χ2n) is 2.88. The lowest BCUT2D eigenvalue weighted by Gasteiger charge is -2.04. The van der Waals surface area contributed by atoms with Crippen LogP contribution < -0.4 is 0 Å². The predicted octanol–water partition coefficient (Wildman–Crippen LogP) is 3.11. The number of fused-ring (bicyclic) bond motifs is 1. The lowest BCUT2D eigenvalue weighted by molar-refractivity contribution is 0.283. The third kappa shape index (κ3) is 1.86. The molecule has 1 aromatic carbocycles. The van der Waals surface area contributed by atoms with Gasteiger partial charge in [-0.2, -0.15) is 5.10 Å². The molecule has 0 saturated carbocycles. The fourth-order valence-electron chi connectivity index (χ4n) is 1.40. The van der Waals surface area contributed by atoms with Gasteiger partial charge in [-0.25, -0.2) is 8.84 Å². The van der Waals surface area contributed by atoms with E-state index < -0.39 is 5.82 Å². The molecule has 80 valence electrons. The quantitative estimate of drug-likeness (QED) is 0.662. The van der Waals surface area contributed by atoms with Crippen LogP contribution in [0.5, 0.6) is 0 Å². The Morgan fingerprint density at radius 3 is 3.00 bits per heavy atom. The van der Waals surface area contributed by atoms with E-state index in [2.05, 4.69) is 27.1 Å². The van der Waals surface area contributed by atoms with Crippen molar-refractivity contribution in [1.29, 1.82) is 0 Å². The second kappa shape index (κ2) is 4.49. The molecule has 0 aliphatic rings. The zero-order chi connectivity index (χ0) is 11.0. The molecular weight excluding hydrogens is 352 g/mol. The lowest BCUT2D eigenvalue weighted by Crippen LogP contribution is -1.91. The van der Waals surface area contributed by atoms with Gasteiger partial charge in [0.15, 0.2) is 0 Å². The molecule has 1 N–H and O–H groups in total. The highest BCUT2D eigenvalue weighted by molar-refractivity contribution is 14.2. The van der Waals surface area contributed by atoms with Crippen LogP contribution in [0.4, 0.5) is 4.39 Å². The number of aliphatic hydroxyl groups is 1. The summed E-state index contributed by atoms with van der Waals surface area (Å²) in [4.78, 5) is 0. The molecule has 7 heteroatoms. The van der Waals surface area contributed by atoms with Gasteiger partial charge in [-0.05, 0) is 22.0 Å². The number of nitrogens with zero attached hydrogens (tertiary/aromatic N) is 2. The van der Waals surface area contributed by atoms with Crippen molar-refractivity contribution < 1.29 is 9.50 Å². The highest BCUT2D eigenvalue weighted by Crippen LogP contribution is 2.33. The molecule has 0 fully saturated rings. The molecule has 1 atom stereocenters. The molecule has 0 aliphatic carbocycles. The average molecular weight is 358 g/mol. The van der Waals surface area contributed by atoms with Crippen LogP contribution in [0.25, 0.3) is 10.9 Å². The van der Waals surface area contributed by atoms with Crippen molar-refractivity contribution in [3.63, 3.8) is 0 Å². The lowest BCUT2D eigenvalue weighted by atomic mass is 10.1. The Balaban J connectivity index is 2.83. The number of benzene rings is 1. The van der Waals surface area contributed by atoms with E-state index in [-0.39, 0.29) is 11.6 Å². The number of hydrogen-bond acceptors (Lipinski definition) is 2. The minimum Gasteiger partial charge on any atom is -0.392 e. The highest BCUT2D eigenvalue weighted by atomic mass is 127. The Morgan fingerprint density at radius 1 is 1.67 bits per heavy atom. The monoisotopic (exact) mass is 358 g/mol. The first-order chi connectivity index (χ1) is 7.19. The molecule has 1 unspecified atom stereocenters. The van der Waals surface area contributed by atoms with Crippen molar-refractivity contribution in [3.8, 4) is 0 Å². The van der Waals surface area contributed by atoms with Gasteiger partial charge in [0.2, 0.25) is 0 Å². The first-order valence-corrected chi connectivity index (χ1v) is 8.45. The molecule has 2 aromatic rings. The van der Waals surface area contributed by atoms with Gasteiger partial charge in [0.05, 0.1) is 29.7 Å². The number of aromatic nitrogens is 2. The van der Waals surface area contributed by atoms with Crippen LogP contribution in [0.3, 0.4) is 0 Å². The van der Waals surface area contributed by atoms with Gasteiger partial charge in [0.25, 0.3) is 0 Å². The molecule has 0 bridgehead atoms. The number of aliphatic hydroxyl groups excluding tert-OH is 1. The summed E-state index contributed by atoms with van der Waals surface area (Å²) in [7, 11) is 0. The van der Waals surface area contributed by atoms with Gasteiger partial charge in [0, 0.05) is 17.0 Å². The number of hydrogen-bond donors (Lipinski definition) is 1. The molecule has 3 nitrogen and oxygen atoms in total. The van der Waals surface area contributed by atoms with Gasteiger partial charge in [-0.15, -0.1) is 0 Å². The maximum absolute atomic E-state index is 13.4. The summed E-state index contributed by atoms with van der Waals surface area (Å²) in [6.45, 7) is -0.289. The van der Waals surface area contributed by atoms with Gasteiger partial charge in [0.1, 0.15) is 5.82 Å². The van der Waals surface area contributed by atoms with E-state index in [1.807, 2.05) is 0 Å². The van der Waals surface area contributed by atoms with E-state index >= 15 is 0 Å². The van der Waals surface area contributed by atoms with Crippen molar-refractivity contribution in [2.24, 2.45) is 0 Å². The predicted molar refractivity (Wildman–Crippen MR) is 68.4 cm³/mol. The normalized spacial score (nSPS) is 12.0. The third-order valence-corrected chi connectivity index (χ3v) is 4.40. The first kappa shape index (κ1) is 11.5. The Bertz CT molecular complexity index is 519. The van der Waals surface area contributed by atoms with Crippen LogP contribution in [-0.2, 0) is 6.61 Å². The maximum atomic E-state index is 13.4. The van der Waals surface area contributed by atoms with Crippen molar-refractivity contribution in [2.45, 2.75) is 6.61 Å². The van der Waals surface area contributed by atoms with Gasteiger partial charge in [-0.3, -0.25) is 0 Å². The topological polar surface area (TPSA) is 38.1 Å². The zero-order valence-electron chi connectivity index (χ0n) is 7.34. The number of rotatable bonds is 2. The highest BCUT2D eigenvalue weighted by Gasteiger charge is 2.14. The van der Waals surface area contributed by atoms with Crippen molar-refractivity contribution in [1.82, 2.24) is 9.55 Å².